The molecule has 0 atom stereocenters. The summed E-state index contributed by atoms with van der Waals surface area (Å²) in [5.41, 5.74) is 2.28. The Morgan fingerprint density at radius 3 is 2.84 bits per heavy atom. The van der Waals surface area contributed by atoms with Crippen molar-refractivity contribution in [2.75, 3.05) is 13.1 Å². The zero-order valence-electron chi connectivity index (χ0n) is 15.0. The maximum atomic E-state index is 11.9. The number of imidazole rings is 1. The molecule has 2 aliphatic rings. The van der Waals surface area contributed by atoms with Crippen LogP contribution in [0.2, 0.25) is 0 Å². The summed E-state index contributed by atoms with van der Waals surface area (Å²) in [6, 6.07) is 3.41. The summed E-state index contributed by atoms with van der Waals surface area (Å²) in [5, 5.41) is 4.37. The first kappa shape index (κ1) is 16.5. The molecule has 0 spiro atoms. The Bertz CT molecular complexity index is 785. The van der Waals surface area contributed by atoms with Crippen molar-refractivity contribution >= 4 is 0 Å². The highest BCUT2D eigenvalue weighted by Crippen LogP contribution is 2.22. The fourth-order valence-electron chi connectivity index (χ4n) is 4.09. The average Bonchev–Trinajstić information content (AvgIpc) is 3.03. The van der Waals surface area contributed by atoms with Gasteiger partial charge in [0.05, 0.1) is 11.4 Å². The Kier molecular flexibility index (Phi) is 4.70. The highest BCUT2D eigenvalue weighted by atomic mass is 16.1. The van der Waals surface area contributed by atoms with E-state index in [1.165, 1.54) is 24.4 Å². The quantitative estimate of drug-likeness (QED) is 0.853. The standard InChI is InChI=1S/C19H27N5O/c1-15-5-6-19(25)24(21-15)13-16-7-10-22(11-8-16)14-17-12-20-18-4-2-3-9-23(17)18/h5-6,12,16H,2-4,7-11,13-14H2,1H3. The van der Waals surface area contributed by atoms with Gasteiger partial charge in [0.1, 0.15) is 5.82 Å². The van der Waals surface area contributed by atoms with Crippen molar-refractivity contribution < 1.29 is 0 Å². The second-order valence-corrected chi connectivity index (χ2v) is 7.49. The van der Waals surface area contributed by atoms with E-state index >= 15 is 0 Å². The summed E-state index contributed by atoms with van der Waals surface area (Å²) in [6.45, 7) is 6.99. The second kappa shape index (κ2) is 7.12. The normalized spacial score (nSPS) is 19.1. The first-order chi connectivity index (χ1) is 12.2. The van der Waals surface area contributed by atoms with Crippen LogP contribution in [0.5, 0.6) is 0 Å². The lowest BCUT2D eigenvalue weighted by atomic mass is 9.96. The van der Waals surface area contributed by atoms with Gasteiger partial charge in [0.25, 0.3) is 5.56 Å². The highest BCUT2D eigenvalue weighted by Gasteiger charge is 2.22. The molecular formula is C19H27N5O. The SMILES string of the molecule is Cc1ccc(=O)n(CC2CCN(Cc3cnc4n3CCCC4)CC2)n1. The molecule has 0 aliphatic carbocycles. The molecule has 6 nitrogen and oxygen atoms in total. The summed E-state index contributed by atoms with van der Waals surface area (Å²) in [6.07, 6.45) is 8.00. The fraction of sp³-hybridized carbons (Fsp3) is 0.632. The van der Waals surface area contributed by atoms with Gasteiger partial charge in [0.2, 0.25) is 0 Å². The van der Waals surface area contributed by atoms with Crippen LogP contribution >= 0.6 is 0 Å². The topological polar surface area (TPSA) is 56.0 Å². The van der Waals surface area contributed by atoms with E-state index in [1.807, 2.05) is 6.92 Å². The minimum absolute atomic E-state index is 0.0129. The van der Waals surface area contributed by atoms with Crippen LogP contribution < -0.4 is 5.56 Å². The van der Waals surface area contributed by atoms with Gasteiger partial charge in [-0.05, 0) is 57.7 Å². The molecule has 0 saturated carbocycles. The van der Waals surface area contributed by atoms with Gasteiger partial charge in [-0.25, -0.2) is 9.67 Å². The molecule has 0 amide bonds. The second-order valence-electron chi connectivity index (χ2n) is 7.49. The molecule has 6 heteroatoms. The first-order valence-electron chi connectivity index (χ1n) is 9.49. The highest BCUT2D eigenvalue weighted by molar-refractivity contribution is 5.08. The number of hydrogen-bond acceptors (Lipinski definition) is 4. The van der Waals surface area contributed by atoms with Gasteiger partial charge in [0.15, 0.2) is 0 Å². The van der Waals surface area contributed by atoms with E-state index in [0.29, 0.717) is 5.92 Å². The number of aromatic nitrogens is 4. The Hall–Kier alpha value is -1.95. The summed E-state index contributed by atoms with van der Waals surface area (Å²) < 4.78 is 4.06. The third-order valence-corrected chi connectivity index (χ3v) is 5.58. The van der Waals surface area contributed by atoms with E-state index in [-0.39, 0.29) is 5.56 Å². The van der Waals surface area contributed by atoms with Gasteiger partial charge in [-0.3, -0.25) is 9.69 Å². The Morgan fingerprint density at radius 1 is 1.16 bits per heavy atom. The minimum atomic E-state index is 0.0129. The van der Waals surface area contributed by atoms with Crippen LogP contribution in [-0.4, -0.2) is 37.3 Å². The summed E-state index contributed by atoms with van der Waals surface area (Å²) >= 11 is 0. The Morgan fingerprint density at radius 2 is 2.00 bits per heavy atom. The molecule has 0 aromatic carbocycles. The van der Waals surface area contributed by atoms with Crippen LogP contribution in [0.3, 0.4) is 0 Å². The van der Waals surface area contributed by atoms with Crippen molar-refractivity contribution in [2.24, 2.45) is 5.92 Å². The van der Waals surface area contributed by atoms with Gasteiger partial charge < -0.3 is 4.57 Å². The Balaban J connectivity index is 1.33. The largest absolute Gasteiger partial charge is 0.331 e. The van der Waals surface area contributed by atoms with Crippen LogP contribution in [0.25, 0.3) is 0 Å². The van der Waals surface area contributed by atoms with Gasteiger partial charge >= 0.3 is 0 Å². The fourth-order valence-corrected chi connectivity index (χ4v) is 4.09. The molecule has 2 aromatic heterocycles. The van der Waals surface area contributed by atoms with E-state index in [1.54, 1.807) is 16.8 Å². The van der Waals surface area contributed by atoms with Crippen LogP contribution in [0.15, 0.2) is 23.1 Å². The third-order valence-electron chi connectivity index (χ3n) is 5.58. The molecule has 25 heavy (non-hydrogen) atoms. The molecule has 0 unspecified atom stereocenters. The first-order valence-corrected chi connectivity index (χ1v) is 9.49. The van der Waals surface area contributed by atoms with Crippen molar-refractivity contribution in [1.29, 1.82) is 0 Å². The molecule has 1 saturated heterocycles. The van der Waals surface area contributed by atoms with Crippen molar-refractivity contribution in [2.45, 2.75) is 58.7 Å². The van der Waals surface area contributed by atoms with Crippen LogP contribution in [-0.2, 0) is 26.1 Å². The van der Waals surface area contributed by atoms with Crippen molar-refractivity contribution in [3.05, 3.63) is 45.9 Å². The van der Waals surface area contributed by atoms with E-state index in [2.05, 4.69) is 25.7 Å². The molecule has 1 fully saturated rings. The lowest BCUT2D eigenvalue weighted by Crippen LogP contribution is -2.37. The lowest BCUT2D eigenvalue weighted by molar-refractivity contribution is 0.160. The zero-order valence-corrected chi connectivity index (χ0v) is 15.0. The van der Waals surface area contributed by atoms with E-state index in [0.717, 1.165) is 57.7 Å². The predicted octanol–water partition coefficient (Wildman–Crippen LogP) is 2.00. The predicted molar refractivity (Wildman–Crippen MR) is 96.4 cm³/mol. The summed E-state index contributed by atoms with van der Waals surface area (Å²) in [7, 11) is 0. The number of aryl methyl sites for hydroxylation is 2. The summed E-state index contributed by atoms with van der Waals surface area (Å²) in [5.74, 6) is 1.81. The molecule has 0 radical (unpaired) electrons. The molecule has 0 bridgehead atoms. The van der Waals surface area contributed by atoms with Gasteiger partial charge in [-0.1, -0.05) is 0 Å². The lowest BCUT2D eigenvalue weighted by Gasteiger charge is -2.32. The van der Waals surface area contributed by atoms with E-state index < -0.39 is 0 Å². The molecule has 0 N–H and O–H groups in total. The molecule has 134 valence electrons. The number of nitrogens with zero attached hydrogens (tertiary/aromatic N) is 5. The van der Waals surface area contributed by atoms with Crippen molar-refractivity contribution in [3.8, 4) is 0 Å². The number of piperidine rings is 1. The van der Waals surface area contributed by atoms with E-state index in [4.69, 9.17) is 0 Å². The summed E-state index contributed by atoms with van der Waals surface area (Å²) in [4.78, 5) is 19.1. The monoisotopic (exact) mass is 341 g/mol. The zero-order chi connectivity index (χ0) is 17.2. The van der Waals surface area contributed by atoms with Gasteiger partial charge in [-0.15, -0.1) is 0 Å². The van der Waals surface area contributed by atoms with E-state index in [9.17, 15) is 4.79 Å². The van der Waals surface area contributed by atoms with Crippen molar-refractivity contribution in [3.63, 3.8) is 0 Å². The third kappa shape index (κ3) is 3.68. The molecule has 2 aliphatic heterocycles. The molecule has 4 heterocycles. The number of hydrogen-bond donors (Lipinski definition) is 0. The molecule has 2 aromatic rings. The van der Waals surface area contributed by atoms with Crippen molar-refractivity contribution in [1.82, 2.24) is 24.2 Å². The number of fused-ring (bicyclic) bond motifs is 1. The Labute approximate surface area is 148 Å². The smallest absolute Gasteiger partial charge is 0.266 e. The average molecular weight is 341 g/mol. The van der Waals surface area contributed by atoms with Gasteiger partial charge in [-0.2, -0.15) is 5.10 Å². The van der Waals surface area contributed by atoms with Crippen LogP contribution in [0.1, 0.15) is 42.9 Å². The van der Waals surface area contributed by atoms with Crippen LogP contribution in [0, 0.1) is 12.8 Å². The van der Waals surface area contributed by atoms with Crippen LogP contribution in [0.4, 0.5) is 0 Å². The molecular weight excluding hydrogens is 314 g/mol. The van der Waals surface area contributed by atoms with Gasteiger partial charge in [0, 0.05) is 38.3 Å². The maximum Gasteiger partial charge on any atom is 0.266 e. The molecule has 4 rings (SSSR count). The number of likely N-dealkylation sites (tertiary alicyclic amines) is 1. The maximum absolute atomic E-state index is 11.9. The number of rotatable bonds is 4. The minimum Gasteiger partial charge on any atom is -0.331 e.